The third-order valence-electron chi connectivity index (χ3n) is 4.14. The van der Waals surface area contributed by atoms with Crippen molar-refractivity contribution in [2.75, 3.05) is 13.1 Å². The second-order valence-electron chi connectivity index (χ2n) is 5.92. The number of nitrogens with one attached hydrogen (secondary N) is 1. The fourth-order valence-electron chi connectivity index (χ4n) is 2.79. The van der Waals surface area contributed by atoms with Crippen LogP contribution in [0.3, 0.4) is 0 Å². The van der Waals surface area contributed by atoms with Crippen molar-refractivity contribution in [3.63, 3.8) is 0 Å². The lowest BCUT2D eigenvalue weighted by Crippen LogP contribution is -2.31. The zero-order valence-electron chi connectivity index (χ0n) is 13.6. The highest BCUT2D eigenvalue weighted by molar-refractivity contribution is 9.10. The van der Waals surface area contributed by atoms with Gasteiger partial charge in [-0.25, -0.2) is 9.36 Å². The number of benzene rings is 1. The predicted octanol–water partition coefficient (Wildman–Crippen LogP) is 2.20. The highest BCUT2D eigenvalue weighted by Gasteiger charge is 2.15. The van der Waals surface area contributed by atoms with Gasteiger partial charge in [0.15, 0.2) is 0 Å². The van der Waals surface area contributed by atoms with E-state index < -0.39 is 17.1 Å². The van der Waals surface area contributed by atoms with Gasteiger partial charge in [0.05, 0.1) is 11.9 Å². The number of aromatic hydroxyl groups is 1. The third kappa shape index (κ3) is 4.01. The monoisotopic (exact) mass is 406 g/mol. The molecular weight excluding hydrogens is 388 g/mol. The lowest BCUT2D eigenvalue weighted by Gasteiger charge is -2.15. The Kier molecular flexibility index (Phi) is 5.37. The lowest BCUT2D eigenvalue weighted by molar-refractivity contribution is 0.302. The highest BCUT2D eigenvalue weighted by atomic mass is 79.9. The summed E-state index contributed by atoms with van der Waals surface area (Å²) in [5, 5.41) is 16.7. The molecule has 2 aromatic rings. The number of H-pyrrole nitrogens is 1. The van der Waals surface area contributed by atoms with E-state index in [-0.39, 0.29) is 5.56 Å². The smallest absolute Gasteiger partial charge is 0.335 e. The second kappa shape index (κ2) is 7.69. The lowest BCUT2D eigenvalue weighted by atomic mass is 10.2. The topological polar surface area (TPSA) is 90.7 Å². The van der Waals surface area contributed by atoms with Crippen LogP contribution in [0.2, 0.25) is 0 Å². The van der Waals surface area contributed by atoms with Crippen LogP contribution in [0, 0.1) is 0 Å². The van der Waals surface area contributed by atoms with Crippen LogP contribution in [0.4, 0.5) is 0 Å². The van der Waals surface area contributed by atoms with Crippen molar-refractivity contribution in [1.29, 1.82) is 0 Å². The van der Waals surface area contributed by atoms with Crippen molar-refractivity contribution in [3.05, 3.63) is 55.1 Å². The van der Waals surface area contributed by atoms with Crippen molar-refractivity contribution in [1.82, 2.24) is 14.6 Å². The maximum atomic E-state index is 12.1. The van der Waals surface area contributed by atoms with Crippen molar-refractivity contribution >= 4 is 22.1 Å². The fourth-order valence-corrected chi connectivity index (χ4v) is 3.06. The molecule has 3 rings (SSSR count). The molecule has 2 heterocycles. The molecule has 1 saturated heterocycles. The molecule has 8 heteroatoms. The van der Waals surface area contributed by atoms with Crippen molar-refractivity contribution < 1.29 is 5.11 Å². The summed E-state index contributed by atoms with van der Waals surface area (Å²) in [5.74, 6) is -0.422. The van der Waals surface area contributed by atoms with Gasteiger partial charge in [0, 0.05) is 17.6 Å². The summed E-state index contributed by atoms with van der Waals surface area (Å²) in [6.07, 6.45) is 5.78. The Bertz CT molecular complexity index is 878. The number of hydrogen-bond donors (Lipinski definition) is 2. The number of hydrogen-bond acceptors (Lipinski definition) is 5. The van der Waals surface area contributed by atoms with E-state index in [2.05, 4.69) is 26.0 Å². The molecule has 132 valence electrons. The van der Waals surface area contributed by atoms with Crippen LogP contribution in [-0.2, 0) is 0 Å². The summed E-state index contributed by atoms with van der Waals surface area (Å²) in [4.78, 5) is 26.5. The minimum absolute atomic E-state index is 0.0354. The third-order valence-corrected chi connectivity index (χ3v) is 4.67. The SMILES string of the molecule is O=c1[nH]c(=O)n(-c2ccc(Br)cc2)c(O)c1C=NN1CCCCCC1. The first-order valence-corrected chi connectivity index (χ1v) is 8.99. The van der Waals surface area contributed by atoms with Gasteiger partial charge >= 0.3 is 5.69 Å². The van der Waals surface area contributed by atoms with Gasteiger partial charge in [-0.1, -0.05) is 28.8 Å². The van der Waals surface area contributed by atoms with Crippen molar-refractivity contribution in [2.45, 2.75) is 25.7 Å². The molecular formula is C17H19BrN4O3. The summed E-state index contributed by atoms with van der Waals surface area (Å²) in [6, 6.07) is 6.83. The fraction of sp³-hybridized carbons (Fsp3) is 0.353. The van der Waals surface area contributed by atoms with Gasteiger partial charge in [0.2, 0.25) is 5.88 Å². The minimum Gasteiger partial charge on any atom is -0.493 e. The van der Waals surface area contributed by atoms with E-state index in [1.165, 1.54) is 19.1 Å². The Hall–Kier alpha value is -2.35. The summed E-state index contributed by atoms with van der Waals surface area (Å²) < 4.78 is 1.90. The number of hydrazone groups is 1. The molecule has 1 aromatic heterocycles. The van der Waals surface area contributed by atoms with Gasteiger partial charge in [-0.3, -0.25) is 14.8 Å². The molecule has 1 aliphatic rings. The van der Waals surface area contributed by atoms with E-state index in [4.69, 9.17) is 0 Å². The number of nitrogens with zero attached hydrogens (tertiary/aromatic N) is 3. The summed E-state index contributed by atoms with van der Waals surface area (Å²) in [7, 11) is 0. The molecule has 7 nitrogen and oxygen atoms in total. The van der Waals surface area contributed by atoms with Crippen LogP contribution in [0.15, 0.2) is 43.4 Å². The molecule has 0 atom stereocenters. The van der Waals surface area contributed by atoms with Gasteiger partial charge in [-0.15, -0.1) is 0 Å². The summed E-state index contributed by atoms with van der Waals surface area (Å²) in [6.45, 7) is 1.64. The van der Waals surface area contributed by atoms with E-state index in [9.17, 15) is 14.7 Å². The Morgan fingerprint density at radius 3 is 2.36 bits per heavy atom. The standard InChI is InChI=1S/C17H19BrN4O3/c18-12-5-7-13(8-6-12)22-16(24)14(15(23)20-17(22)25)11-19-21-9-3-1-2-4-10-21/h5-8,11,24H,1-4,9-10H2,(H,20,23,25). The van der Waals surface area contributed by atoms with Crippen molar-refractivity contribution in [2.24, 2.45) is 5.10 Å². The molecule has 0 spiro atoms. The zero-order chi connectivity index (χ0) is 17.8. The van der Waals surface area contributed by atoms with Crippen LogP contribution in [0.1, 0.15) is 31.2 Å². The Morgan fingerprint density at radius 2 is 1.72 bits per heavy atom. The first-order chi connectivity index (χ1) is 12.1. The minimum atomic E-state index is -0.697. The first kappa shape index (κ1) is 17.5. The van der Waals surface area contributed by atoms with Crippen LogP contribution < -0.4 is 11.2 Å². The van der Waals surface area contributed by atoms with Crippen LogP contribution in [-0.4, -0.2) is 39.0 Å². The maximum absolute atomic E-state index is 12.1. The molecule has 0 unspecified atom stereocenters. The van der Waals surface area contributed by atoms with E-state index in [1.807, 2.05) is 5.01 Å². The Labute approximate surface area is 152 Å². The summed E-state index contributed by atoms with van der Waals surface area (Å²) >= 11 is 3.32. The van der Waals surface area contributed by atoms with Gasteiger partial charge < -0.3 is 5.11 Å². The average molecular weight is 407 g/mol. The van der Waals surface area contributed by atoms with E-state index >= 15 is 0 Å². The van der Waals surface area contributed by atoms with Gasteiger partial charge in [-0.2, -0.15) is 5.10 Å². The molecule has 1 aliphatic heterocycles. The molecule has 2 N–H and O–H groups in total. The van der Waals surface area contributed by atoms with E-state index in [0.717, 1.165) is 35.0 Å². The molecule has 25 heavy (non-hydrogen) atoms. The normalized spacial score (nSPS) is 15.5. The van der Waals surface area contributed by atoms with Gasteiger partial charge in [0.1, 0.15) is 5.56 Å². The molecule has 0 amide bonds. The Balaban J connectivity index is 1.99. The molecule has 1 aromatic carbocycles. The van der Waals surface area contributed by atoms with Gasteiger partial charge in [0.25, 0.3) is 5.56 Å². The number of halogens is 1. The summed E-state index contributed by atoms with van der Waals surface area (Å²) in [5.41, 5.74) is -0.940. The first-order valence-electron chi connectivity index (χ1n) is 8.19. The second-order valence-corrected chi connectivity index (χ2v) is 6.84. The maximum Gasteiger partial charge on any atom is 0.335 e. The van der Waals surface area contributed by atoms with E-state index in [1.54, 1.807) is 24.3 Å². The van der Waals surface area contributed by atoms with Crippen LogP contribution in [0.25, 0.3) is 5.69 Å². The molecule has 0 aliphatic carbocycles. The van der Waals surface area contributed by atoms with Crippen molar-refractivity contribution in [3.8, 4) is 11.6 Å². The molecule has 0 bridgehead atoms. The number of aromatic nitrogens is 2. The number of rotatable bonds is 3. The molecule has 0 radical (unpaired) electrons. The quantitative estimate of drug-likeness (QED) is 0.764. The predicted molar refractivity (Wildman–Crippen MR) is 99.7 cm³/mol. The molecule has 0 saturated carbocycles. The largest absolute Gasteiger partial charge is 0.493 e. The zero-order valence-corrected chi connectivity index (χ0v) is 15.2. The van der Waals surface area contributed by atoms with Gasteiger partial charge in [-0.05, 0) is 37.1 Å². The van der Waals surface area contributed by atoms with Crippen LogP contribution in [0.5, 0.6) is 5.88 Å². The average Bonchev–Trinajstić information content (AvgIpc) is 2.85. The van der Waals surface area contributed by atoms with E-state index in [0.29, 0.717) is 5.69 Å². The highest BCUT2D eigenvalue weighted by Crippen LogP contribution is 2.18. The number of aromatic amines is 1. The Morgan fingerprint density at radius 1 is 1.08 bits per heavy atom. The van der Waals surface area contributed by atoms with Crippen LogP contribution >= 0.6 is 15.9 Å². The molecule has 1 fully saturated rings.